The summed E-state index contributed by atoms with van der Waals surface area (Å²) in [6, 6.07) is 8.35. The lowest BCUT2D eigenvalue weighted by Gasteiger charge is -2.19. The van der Waals surface area contributed by atoms with Gasteiger partial charge in [-0.25, -0.2) is 0 Å². The second-order valence-electron chi connectivity index (χ2n) is 5.43. The van der Waals surface area contributed by atoms with Gasteiger partial charge in [-0.2, -0.15) is 0 Å². The van der Waals surface area contributed by atoms with Crippen LogP contribution in [-0.4, -0.2) is 26.0 Å². The molecule has 1 aromatic rings. The highest BCUT2D eigenvalue weighted by atomic mass is 16.2. The van der Waals surface area contributed by atoms with E-state index < -0.39 is 0 Å². The molecule has 3 nitrogen and oxygen atoms in total. The molecule has 0 aromatic heterocycles. The number of aryl methyl sites for hydroxylation is 1. The number of benzene rings is 1. The van der Waals surface area contributed by atoms with Gasteiger partial charge in [0.15, 0.2) is 0 Å². The minimum absolute atomic E-state index is 0.219. The average molecular weight is 260 g/mol. The average Bonchev–Trinajstić information content (AvgIpc) is 2.92. The van der Waals surface area contributed by atoms with Crippen LogP contribution in [0.25, 0.3) is 0 Å². The Balaban J connectivity index is 1.93. The summed E-state index contributed by atoms with van der Waals surface area (Å²) in [5.74, 6) is 0.728. The van der Waals surface area contributed by atoms with E-state index in [2.05, 4.69) is 36.5 Å². The van der Waals surface area contributed by atoms with Gasteiger partial charge in [0.1, 0.15) is 0 Å². The summed E-state index contributed by atoms with van der Waals surface area (Å²) < 4.78 is 0. The van der Waals surface area contributed by atoms with Gasteiger partial charge < -0.3 is 10.2 Å². The highest BCUT2D eigenvalue weighted by Crippen LogP contribution is 2.19. The maximum Gasteiger partial charge on any atom is 0.227 e. The maximum absolute atomic E-state index is 12.2. The second kappa shape index (κ2) is 6.71. The Hall–Kier alpha value is -1.35. The molecule has 0 aliphatic carbocycles. The highest BCUT2D eigenvalue weighted by Gasteiger charge is 2.20. The van der Waals surface area contributed by atoms with E-state index in [-0.39, 0.29) is 5.91 Å². The third-order valence-corrected chi connectivity index (χ3v) is 3.86. The first-order chi connectivity index (χ1) is 9.20. The summed E-state index contributed by atoms with van der Waals surface area (Å²) in [7, 11) is 1.87. The molecule has 2 rings (SSSR count). The number of rotatable bonds is 5. The Morgan fingerprint density at radius 2 is 2.11 bits per heavy atom. The minimum Gasteiger partial charge on any atom is -0.316 e. The number of hydrogen-bond donors (Lipinski definition) is 1. The molecule has 1 N–H and O–H groups in total. The van der Waals surface area contributed by atoms with Crippen LogP contribution >= 0.6 is 0 Å². The van der Waals surface area contributed by atoms with Gasteiger partial charge in [0, 0.05) is 19.2 Å². The first-order valence-electron chi connectivity index (χ1n) is 7.27. The summed E-state index contributed by atoms with van der Waals surface area (Å²) in [6.45, 7) is 4.21. The zero-order chi connectivity index (χ0) is 13.7. The second-order valence-corrected chi connectivity index (χ2v) is 5.43. The van der Waals surface area contributed by atoms with Crippen molar-refractivity contribution in [3.63, 3.8) is 0 Å². The fraction of sp³-hybridized carbons (Fsp3) is 0.562. The number of hydrogen-bond acceptors (Lipinski definition) is 2. The highest BCUT2D eigenvalue weighted by molar-refractivity contribution is 5.92. The van der Waals surface area contributed by atoms with Crippen LogP contribution in [0.5, 0.6) is 0 Å². The first kappa shape index (κ1) is 14.1. The summed E-state index contributed by atoms with van der Waals surface area (Å²) in [5, 5.41) is 3.31. The molecule has 0 bridgehead atoms. The van der Waals surface area contributed by atoms with Gasteiger partial charge in [-0.1, -0.05) is 25.5 Å². The molecule has 1 atom stereocenters. The molecule has 19 heavy (non-hydrogen) atoms. The lowest BCUT2D eigenvalue weighted by Crippen LogP contribution is -2.28. The summed E-state index contributed by atoms with van der Waals surface area (Å²) in [4.78, 5) is 14.0. The fourth-order valence-electron chi connectivity index (χ4n) is 2.59. The van der Waals surface area contributed by atoms with Crippen molar-refractivity contribution in [2.45, 2.75) is 32.6 Å². The lowest BCUT2D eigenvalue weighted by molar-refractivity contribution is -0.119. The maximum atomic E-state index is 12.2. The summed E-state index contributed by atoms with van der Waals surface area (Å²) in [6.07, 6.45) is 4.03. The molecule has 1 aliphatic rings. The predicted octanol–water partition coefficient (Wildman–Crippen LogP) is 2.60. The molecule has 1 unspecified atom stereocenters. The zero-order valence-electron chi connectivity index (χ0n) is 12.0. The molecule has 1 amide bonds. The number of anilines is 1. The van der Waals surface area contributed by atoms with E-state index in [1.165, 1.54) is 5.56 Å². The van der Waals surface area contributed by atoms with Gasteiger partial charge >= 0.3 is 0 Å². The number of amides is 1. The number of carbonyl (C=O) groups excluding carboxylic acids is 1. The van der Waals surface area contributed by atoms with Crippen LogP contribution in [0.4, 0.5) is 5.69 Å². The van der Waals surface area contributed by atoms with Crippen molar-refractivity contribution in [3.05, 3.63) is 29.8 Å². The van der Waals surface area contributed by atoms with Crippen LogP contribution < -0.4 is 10.2 Å². The van der Waals surface area contributed by atoms with Crippen LogP contribution in [-0.2, 0) is 11.2 Å². The Morgan fingerprint density at radius 3 is 2.68 bits per heavy atom. The molecule has 1 saturated heterocycles. The van der Waals surface area contributed by atoms with Crippen LogP contribution in [0.15, 0.2) is 24.3 Å². The SMILES string of the molecule is CCCc1ccc(N(C)C(=O)CC2CCNC2)cc1. The van der Waals surface area contributed by atoms with Gasteiger partial charge in [-0.05, 0) is 49.5 Å². The van der Waals surface area contributed by atoms with Crippen molar-refractivity contribution in [1.29, 1.82) is 0 Å². The normalized spacial score (nSPS) is 18.5. The molecule has 104 valence electrons. The van der Waals surface area contributed by atoms with Crippen LogP contribution in [0.3, 0.4) is 0 Å². The van der Waals surface area contributed by atoms with Crippen molar-refractivity contribution in [1.82, 2.24) is 5.32 Å². The molecule has 1 heterocycles. The molecule has 3 heteroatoms. The topological polar surface area (TPSA) is 32.3 Å². The van der Waals surface area contributed by atoms with Crippen LogP contribution in [0.1, 0.15) is 31.7 Å². The Labute approximate surface area is 116 Å². The lowest BCUT2D eigenvalue weighted by atomic mass is 10.0. The van der Waals surface area contributed by atoms with Crippen molar-refractivity contribution < 1.29 is 4.79 Å². The smallest absolute Gasteiger partial charge is 0.227 e. The number of carbonyl (C=O) groups is 1. The van der Waals surface area contributed by atoms with Crippen LogP contribution in [0.2, 0.25) is 0 Å². The Morgan fingerprint density at radius 1 is 1.37 bits per heavy atom. The monoisotopic (exact) mass is 260 g/mol. The van der Waals surface area contributed by atoms with Crippen molar-refractivity contribution in [2.75, 3.05) is 25.0 Å². The number of nitrogens with one attached hydrogen (secondary N) is 1. The largest absolute Gasteiger partial charge is 0.316 e. The predicted molar refractivity (Wildman–Crippen MR) is 79.4 cm³/mol. The Kier molecular flexibility index (Phi) is 4.97. The van der Waals surface area contributed by atoms with E-state index in [0.717, 1.165) is 38.0 Å². The summed E-state index contributed by atoms with van der Waals surface area (Å²) >= 11 is 0. The van der Waals surface area contributed by atoms with E-state index in [1.54, 1.807) is 4.90 Å². The Bertz CT molecular complexity index is 407. The van der Waals surface area contributed by atoms with Gasteiger partial charge in [0.25, 0.3) is 0 Å². The van der Waals surface area contributed by atoms with E-state index >= 15 is 0 Å². The summed E-state index contributed by atoms with van der Waals surface area (Å²) in [5.41, 5.74) is 2.34. The van der Waals surface area contributed by atoms with E-state index in [1.807, 2.05) is 7.05 Å². The third kappa shape index (κ3) is 3.80. The van der Waals surface area contributed by atoms with E-state index in [4.69, 9.17) is 0 Å². The van der Waals surface area contributed by atoms with E-state index in [9.17, 15) is 4.79 Å². The van der Waals surface area contributed by atoms with Gasteiger partial charge in [-0.15, -0.1) is 0 Å². The van der Waals surface area contributed by atoms with E-state index in [0.29, 0.717) is 12.3 Å². The fourth-order valence-corrected chi connectivity index (χ4v) is 2.59. The molecule has 1 aromatic carbocycles. The molecule has 0 saturated carbocycles. The molecule has 1 fully saturated rings. The van der Waals surface area contributed by atoms with Crippen LogP contribution in [0, 0.1) is 5.92 Å². The zero-order valence-corrected chi connectivity index (χ0v) is 12.0. The molecule has 1 aliphatic heterocycles. The molecular weight excluding hydrogens is 236 g/mol. The van der Waals surface area contributed by atoms with Gasteiger partial charge in [0.05, 0.1) is 0 Å². The van der Waals surface area contributed by atoms with Crippen molar-refractivity contribution in [2.24, 2.45) is 5.92 Å². The molecular formula is C16H24N2O. The standard InChI is InChI=1S/C16H24N2O/c1-3-4-13-5-7-15(8-6-13)18(2)16(19)11-14-9-10-17-12-14/h5-8,14,17H,3-4,9-12H2,1-2H3. The minimum atomic E-state index is 0.219. The quantitative estimate of drug-likeness (QED) is 0.882. The molecule has 0 radical (unpaired) electrons. The van der Waals surface area contributed by atoms with Crippen molar-refractivity contribution in [3.8, 4) is 0 Å². The first-order valence-corrected chi connectivity index (χ1v) is 7.27. The van der Waals surface area contributed by atoms with Gasteiger partial charge in [0.2, 0.25) is 5.91 Å². The third-order valence-electron chi connectivity index (χ3n) is 3.86. The van der Waals surface area contributed by atoms with Gasteiger partial charge in [-0.3, -0.25) is 4.79 Å². The van der Waals surface area contributed by atoms with Crippen molar-refractivity contribution >= 4 is 11.6 Å². The number of nitrogens with zero attached hydrogens (tertiary/aromatic N) is 1. The molecule has 0 spiro atoms.